The van der Waals surface area contributed by atoms with Crippen molar-refractivity contribution in [2.24, 2.45) is 0 Å². The fourth-order valence-electron chi connectivity index (χ4n) is 14.3. The zero-order chi connectivity index (χ0) is 53.9. The molecule has 3 nitrogen and oxygen atoms in total. The molecule has 0 bridgehead atoms. The lowest BCUT2D eigenvalue weighted by Gasteiger charge is -2.39. The molecule has 13 aromatic carbocycles. The molecular weight excluding hydrogens is 991 g/mol. The summed E-state index contributed by atoms with van der Waals surface area (Å²) in [6.07, 6.45) is 0. The fraction of sp³-hybridized carbons (Fsp3) is 0.0127. The van der Waals surface area contributed by atoms with E-state index in [2.05, 4.69) is 323 Å². The lowest BCUT2D eigenvalue weighted by molar-refractivity contribution is 0.749. The van der Waals surface area contributed by atoms with Crippen LogP contribution in [-0.2, 0) is 5.41 Å². The minimum Gasteiger partial charge on any atom is -0.310 e. The van der Waals surface area contributed by atoms with Crippen molar-refractivity contribution in [3.05, 3.63) is 332 Å². The summed E-state index contributed by atoms with van der Waals surface area (Å²) in [5.74, 6) is 0. The molecule has 1 aliphatic carbocycles. The molecule has 17 rings (SSSR count). The molecule has 0 radical (unpaired) electrons. The molecule has 0 saturated heterocycles. The third-order valence-electron chi connectivity index (χ3n) is 17.7. The fourth-order valence-corrected chi connectivity index (χ4v) is 14.3. The highest BCUT2D eigenvalue weighted by molar-refractivity contribution is 6.13. The second kappa shape index (κ2) is 18.2. The standard InChI is InChI=1S/C79H51N3/c1-2-21-53(22-3-1)60-27-4-5-28-61(60)64-30-7-13-38-73(64)80(57-46-43-52(44-47-57)54-23-18-26-59(49-54)81-74-39-14-8-31-65(74)66-32-9-15-40-75(66)81)58-25-19-24-55(50-58)56-45-48-63-62-29-6-11-35-69(62)79(72(63)51-56)70-36-12-17-42-77(70)82-76-41-16-10-33-67(76)68-34-20-37-71(79)78(68)82/h1-51H. The van der Waals surface area contributed by atoms with Crippen molar-refractivity contribution in [3.8, 4) is 67.0 Å². The van der Waals surface area contributed by atoms with Crippen LogP contribution in [0, 0.1) is 0 Å². The predicted octanol–water partition coefficient (Wildman–Crippen LogP) is 20.7. The molecule has 15 aromatic rings. The van der Waals surface area contributed by atoms with Gasteiger partial charge in [-0.3, -0.25) is 0 Å². The van der Waals surface area contributed by atoms with Crippen molar-refractivity contribution < 1.29 is 0 Å². The van der Waals surface area contributed by atoms with E-state index in [1.165, 1.54) is 105 Å². The average Bonchev–Trinajstić information content (AvgIpc) is 2.46. The van der Waals surface area contributed by atoms with Crippen LogP contribution in [0.5, 0.6) is 0 Å². The Hall–Kier alpha value is -10.7. The van der Waals surface area contributed by atoms with Gasteiger partial charge in [-0.15, -0.1) is 0 Å². The summed E-state index contributed by atoms with van der Waals surface area (Å²) in [5, 5.41) is 5.07. The molecule has 2 aliphatic rings. The van der Waals surface area contributed by atoms with Gasteiger partial charge in [-0.1, -0.05) is 237 Å². The Balaban J connectivity index is 0.834. The topological polar surface area (TPSA) is 13.1 Å². The number of hydrogen-bond donors (Lipinski definition) is 0. The molecule has 3 heteroatoms. The SMILES string of the molecule is c1ccc(-c2ccccc2-c2ccccc2N(c2ccc(-c3cccc(-n4c5ccccc5c5ccccc54)c3)cc2)c2cccc(-c3ccc4c(c3)C3(c5ccccc5-4)c4ccccc4-n4c5ccccc5c5cccc3c54)c2)cc1. The van der Waals surface area contributed by atoms with Gasteiger partial charge in [-0.2, -0.15) is 0 Å². The van der Waals surface area contributed by atoms with Gasteiger partial charge in [0.05, 0.1) is 38.9 Å². The van der Waals surface area contributed by atoms with Crippen LogP contribution in [0.4, 0.5) is 17.1 Å². The number of para-hydroxylation sites is 6. The number of aromatic nitrogens is 2. The molecule has 1 aliphatic heterocycles. The third kappa shape index (κ3) is 6.71. The quantitative estimate of drug-likeness (QED) is 0.148. The first kappa shape index (κ1) is 46.2. The van der Waals surface area contributed by atoms with E-state index in [9.17, 15) is 0 Å². The summed E-state index contributed by atoms with van der Waals surface area (Å²) >= 11 is 0. The van der Waals surface area contributed by atoms with Gasteiger partial charge >= 0.3 is 0 Å². The minimum absolute atomic E-state index is 0.554. The van der Waals surface area contributed by atoms with Gasteiger partial charge in [0.15, 0.2) is 0 Å². The second-order valence-electron chi connectivity index (χ2n) is 21.9. The lowest BCUT2D eigenvalue weighted by Crippen LogP contribution is -2.33. The molecule has 82 heavy (non-hydrogen) atoms. The van der Waals surface area contributed by atoms with Crippen LogP contribution in [0.3, 0.4) is 0 Å². The summed E-state index contributed by atoms with van der Waals surface area (Å²) in [6.45, 7) is 0. The number of rotatable bonds is 8. The third-order valence-corrected chi connectivity index (χ3v) is 17.7. The van der Waals surface area contributed by atoms with Gasteiger partial charge in [0, 0.05) is 44.2 Å². The lowest BCUT2D eigenvalue weighted by atomic mass is 9.65. The molecule has 0 fully saturated rings. The molecule has 382 valence electrons. The molecule has 2 aromatic heterocycles. The molecule has 0 saturated carbocycles. The van der Waals surface area contributed by atoms with Crippen molar-refractivity contribution in [1.29, 1.82) is 0 Å². The van der Waals surface area contributed by atoms with E-state index in [1.54, 1.807) is 0 Å². The molecule has 1 spiro atoms. The van der Waals surface area contributed by atoms with Crippen LogP contribution in [0.25, 0.3) is 111 Å². The summed E-state index contributed by atoms with van der Waals surface area (Å²) < 4.78 is 4.92. The second-order valence-corrected chi connectivity index (χ2v) is 21.9. The van der Waals surface area contributed by atoms with Crippen LogP contribution < -0.4 is 4.90 Å². The highest BCUT2D eigenvalue weighted by Gasteiger charge is 2.51. The Labute approximate surface area is 476 Å². The molecular formula is C79H51N3. The number of hydrogen-bond acceptors (Lipinski definition) is 1. The minimum atomic E-state index is -0.554. The molecule has 0 amide bonds. The Bertz CT molecular complexity index is 5010. The van der Waals surface area contributed by atoms with Crippen molar-refractivity contribution in [2.45, 2.75) is 5.41 Å². The zero-order valence-corrected chi connectivity index (χ0v) is 44.8. The molecule has 0 N–H and O–H groups in total. The van der Waals surface area contributed by atoms with Gasteiger partial charge in [-0.25, -0.2) is 0 Å². The molecule has 3 heterocycles. The highest BCUT2D eigenvalue weighted by Crippen LogP contribution is 2.61. The highest BCUT2D eigenvalue weighted by atomic mass is 15.1. The normalized spacial score (nSPS) is 13.9. The number of fused-ring (bicyclic) bond motifs is 15. The number of anilines is 3. The maximum Gasteiger partial charge on any atom is 0.0754 e. The smallest absolute Gasteiger partial charge is 0.0754 e. The first-order valence-electron chi connectivity index (χ1n) is 28.4. The average molecular weight is 1040 g/mol. The van der Waals surface area contributed by atoms with Gasteiger partial charge in [0.1, 0.15) is 0 Å². The monoisotopic (exact) mass is 1040 g/mol. The van der Waals surface area contributed by atoms with Crippen LogP contribution in [-0.4, -0.2) is 9.13 Å². The summed E-state index contributed by atoms with van der Waals surface area (Å²) in [4.78, 5) is 2.46. The van der Waals surface area contributed by atoms with E-state index in [4.69, 9.17) is 0 Å². The first-order chi connectivity index (χ1) is 40.7. The van der Waals surface area contributed by atoms with E-state index in [0.717, 1.165) is 45.0 Å². The Morgan fingerprint density at radius 3 is 1.54 bits per heavy atom. The van der Waals surface area contributed by atoms with Crippen molar-refractivity contribution in [3.63, 3.8) is 0 Å². The predicted molar refractivity (Wildman–Crippen MR) is 342 cm³/mol. The van der Waals surface area contributed by atoms with Crippen LogP contribution in [0.15, 0.2) is 309 Å². The Morgan fingerprint density at radius 2 is 0.768 bits per heavy atom. The van der Waals surface area contributed by atoms with Crippen molar-refractivity contribution in [1.82, 2.24) is 9.13 Å². The Kier molecular flexibility index (Phi) is 10.2. The van der Waals surface area contributed by atoms with Gasteiger partial charge in [0.2, 0.25) is 0 Å². The largest absolute Gasteiger partial charge is 0.310 e. The Morgan fingerprint density at radius 1 is 0.256 bits per heavy atom. The van der Waals surface area contributed by atoms with Crippen molar-refractivity contribution >= 4 is 60.7 Å². The van der Waals surface area contributed by atoms with Gasteiger partial charge in [-0.05, 0) is 145 Å². The van der Waals surface area contributed by atoms with E-state index in [0.29, 0.717) is 0 Å². The number of benzene rings is 13. The van der Waals surface area contributed by atoms with Crippen molar-refractivity contribution in [2.75, 3.05) is 4.90 Å². The zero-order valence-electron chi connectivity index (χ0n) is 44.8. The van der Waals surface area contributed by atoms with Crippen LogP contribution in [0.1, 0.15) is 22.3 Å². The molecule has 1 atom stereocenters. The van der Waals surface area contributed by atoms with Crippen LogP contribution >= 0.6 is 0 Å². The summed E-state index contributed by atoms with van der Waals surface area (Å²) in [7, 11) is 0. The summed E-state index contributed by atoms with van der Waals surface area (Å²) in [5.41, 5.74) is 27.1. The number of nitrogens with zero attached hydrogens (tertiary/aromatic N) is 3. The summed E-state index contributed by atoms with van der Waals surface area (Å²) in [6, 6.07) is 115. The van der Waals surface area contributed by atoms with E-state index in [-0.39, 0.29) is 0 Å². The van der Waals surface area contributed by atoms with E-state index >= 15 is 0 Å². The van der Waals surface area contributed by atoms with Gasteiger partial charge < -0.3 is 14.0 Å². The van der Waals surface area contributed by atoms with Crippen LogP contribution in [0.2, 0.25) is 0 Å². The van der Waals surface area contributed by atoms with Gasteiger partial charge in [0.25, 0.3) is 0 Å². The maximum atomic E-state index is 2.52. The molecule has 1 unspecified atom stereocenters. The van der Waals surface area contributed by atoms with E-state index in [1.807, 2.05) is 0 Å². The first-order valence-corrected chi connectivity index (χ1v) is 28.4. The maximum absolute atomic E-state index is 2.52. The van der Waals surface area contributed by atoms with E-state index < -0.39 is 5.41 Å².